The Kier molecular flexibility index (Phi) is 5.60. The summed E-state index contributed by atoms with van der Waals surface area (Å²) in [5.74, 6) is 0.181. The zero-order valence-corrected chi connectivity index (χ0v) is 14.8. The molecule has 0 bridgehead atoms. The third kappa shape index (κ3) is 4.42. The molecule has 1 amide bonds. The van der Waals surface area contributed by atoms with E-state index >= 15 is 0 Å². The molecular formula is C16H17N5OS2. The zero-order chi connectivity index (χ0) is 16.8. The minimum Gasteiger partial charge on any atom is -0.322 e. The van der Waals surface area contributed by atoms with Crippen LogP contribution in [0.2, 0.25) is 0 Å². The number of rotatable bonds is 7. The summed E-state index contributed by atoms with van der Waals surface area (Å²) in [6.07, 6.45) is 4.49. The lowest BCUT2D eigenvalue weighted by atomic mass is 10.2. The van der Waals surface area contributed by atoms with Crippen LogP contribution in [-0.2, 0) is 17.8 Å². The van der Waals surface area contributed by atoms with Gasteiger partial charge < -0.3 is 4.57 Å². The summed E-state index contributed by atoms with van der Waals surface area (Å²) in [6, 6.07) is 10.2. The van der Waals surface area contributed by atoms with Crippen LogP contribution < -0.4 is 5.32 Å². The molecule has 3 rings (SSSR count). The van der Waals surface area contributed by atoms with Crippen molar-refractivity contribution in [1.29, 1.82) is 0 Å². The average molecular weight is 359 g/mol. The molecule has 0 radical (unpaired) electrons. The summed E-state index contributed by atoms with van der Waals surface area (Å²) < 4.78 is 2.04. The van der Waals surface area contributed by atoms with E-state index < -0.39 is 0 Å². The molecule has 124 valence electrons. The molecule has 0 unspecified atom stereocenters. The molecule has 1 N–H and O–H groups in total. The fourth-order valence-corrected chi connectivity index (χ4v) is 3.52. The molecule has 0 aliphatic carbocycles. The number of hydrogen-bond donors (Lipinski definition) is 1. The van der Waals surface area contributed by atoms with Crippen LogP contribution in [0, 0.1) is 0 Å². The third-order valence-corrected chi connectivity index (χ3v) is 5.21. The quantitative estimate of drug-likeness (QED) is 0.656. The van der Waals surface area contributed by atoms with E-state index in [1.165, 1.54) is 28.7 Å². The van der Waals surface area contributed by atoms with Crippen molar-refractivity contribution >= 4 is 34.1 Å². The van der Waals surface area contributed by atoms with Gasteiger partial charge in [0.25, 0.3) is 0 Å². The fraction of sp³-hybridized carbons (Fsp3) is 0.250. The number of carbonyl (C=O) groups excluding carboxylic acids is 1. The van der Waals surface area contributed by atoms with Crippen LogP contribution in [0.15, 0.2) is 47.9 Å². The normalized spacial score (nSPS) is 10.7. The Hall–Kier alpha value is -2.19. The van der Waals surface area contributed by atoms with Crippen LogP contribution in [0.1, 0.15) is 17.5 Å². The second kappa shape index (κ2) is 8.07. The first-order valence-electron chi connectivity index (χ1n) is 7.54. The van der Waals surface area contributed by atoms with Crippen molar-refractivity contribution in [3.05, 3.63) is 53.3 Å². The highest BCUT2D eigenvalue weighted by Gasteiger charge is 2.10. The number of aromatic nitrogens is 4. The van der Waals surface area contributed by atoms with Crippen LogP contribution in [0.4, 0.5) is 5.13 Å². The Bertz CT molecular complexity index is 800. The lowest BCUT2D eigenvalue weighted by Crippen LogP contribution is -2.14. The van der Waals surface area contributed by atoms with Gasteiger partial charge in [0.15, 0.2) is 5.16 Å². The van der Waals surface area contributed by atoms with Gasteiger partial charge in [0.05, 0.1) is 5.75 Å². The summed E-state index contributed by atoms with van der Waals surface area (Å²) in [5, 5.41) is 13.0. The molecule has 0 spiro atoms. The second-order valence-corrected chi connectivity index (χ2v) is 7.02. The second-order valence-electron chi connectivity index (χ2n) is 5.01. The van der Waals surface area contributed by atoms with Crippen molar-refractivity contribution in [1.82, 2.24) is 19.7 Å². The topological polar surface area (TPSA) is 72.7 Å². The van der Waals surface area contributed by atoms with Gasteiger partial charge >= 0.3 is 0 Å². The number of benzene rings is 1. The molecular weight excluding hydrogens is 342 g/mol. The fourth-order valence-electron chi connectivity index (χ4n) is 2.07. The van der Waals surface area contributed by atoms with E-state index in [0.29, 0.717) is 5.13 Å². The van der Waals surface area contributed by atoms with Gasteiger partial charge in [-0.05, 0) is 12.0 Å². The highest BCUT2D eigenvalue weighted by atomic mass is 32.2. The van der Waals surface area contributed by atoms with Crippen molar-refractivity contribution in [2.75, 3.05) is 11.1 Å². The first kappa shape index (κ1) is 16.7. The molecule has 0 aliphatic heterocycles. The Labute approximate surface area is 148 Å². The standard InChI is InChI=1S/C16H17N5OS2/c1-2-14-19-20-15(24-14)18-13(22)11-23-16-17-8-9-21(16)10-12-6-4-3-5-7-12/h3-9H,2,10-11H2,1H3,(H,18,20,22). The predicted molar refractivity (Wildman–Crippen MR) is 96.4 cm³/mol. The molecule has 0 fully saturated rings. The van der Waals surface area contributed by atoms with E-state index in [-0.39, 0.29) is 11.7 Å². The summed E-state index contributed by atoms with van der Waals surface area (Å²) in [7, 11) is 0. The first-order valence-corrected chi connectivity index (χ1v) is 9.35. The van der Waals surface area contributed by atoms with Crippen LogP contribution in [0.25, 0.3) is 0 Å². The summed E-state index contributed by atoms with van der Waals surface area (Å²) >= 11 is 2.81. The highest BCUT2D eigenvalue weighted by Crippen LogP contribution is 2.19. The smallest absolute Gasteiger partial charge is 0.236 e. The molecule has 2 aromatic heterocycles. The maximum Gasteiger partial charge on any atom is 0.236 e. The SMILES string of the molecule is CCc1nnc(NC(=O)CSc2nccn2Cc2ccccc2)s1. The van der Waals surface area contributed by atoms with Gasteiger partial charge in [0, 0.05) is 18.9 Å². The van der Waals surface area contributed by atoms with Crippen molar-refractivity contribution in [3.63, 3.8) is 0 Å². The van der Waals surface area contributed by atoms with E-state index in [0.717, 1.165) is 23.1 Å². The largest absolute Gasteiger partial charge is 0.322 e. The minimum absolute atomic E-state index is 0.104. The van der Waals surface area contributed by atoms with Crippen LogP contribution in [-0.4, -0.2) is 31.4 Å². The molecule has 3 aromatic rings. The van der Waals surface area contributed by atoms with E-state index in [2.05, 4.69) is 32.6 Å². The van der Waals surface area contributed by atoms with E-state index in [9.17, 15) is 4.79 Å². The number of carbonyl (C=O) groups is 1. The zero-order valence-electron chi connectivity index (χ0n) is 13.2. The lowest BCUT2D eigenvalue weighted by molar-refractivity contribution is -0.113. The Morgan fingerprint density at radius 2 is 2.12 bits per heavy atom. The number of nitrogens with one attached hydrogen (secondary N) is 1. The number of nitrogens with zero attached hydrogens (tertiary/aromatic N) is 4. The maximum absolute atomic E-state index is 12.0. The van der Waals surface area contributed by atoms with Crippen LogP contribution in [0.5, 0.6) is 0 Å². The van der Waals surface area contributed by atoms with Gasteiger partial charge in [-0.1, -0.05) is 60.4 Å². The number of anilines is 1. The van der Waals surface area contributed by atoms with Crippen molar-refractivity contribution in [3.8, 4) is 0 Å². The number of hydrogen-bond acceptors (Lipinski definition) is 6. The summed E-state index contributed by atoms with van der Waals surface area (Å²) in [5.41, 5.74) is 1.20. The third-order valence-electron chi connectivity index (χ3n) is 3.22. The Morgan fingerprint density at radius 3 is 2.88 bits per heavy atom. The maximum atomic E-state index is 12.0. The van der Waals surface area contributed by atoms with Gasteiger partial charge in [-0.25, -0.2) is 4.98 Å². The van der Waals surface area contributed by atoms with Gasteiger partial charge in [-0.2, -0.15) is 0 Å². The van der Waals surface area contributed by atoms with Crippen molar-refractivity contribution in [2.24, 2.45) is 0 Å². The number of thioether (sulfide) groups is 1. The molecule has 1 aromatic carbocycles. The Morgan fingerprint density at radius 1 is 1.29 bits per heavy atom. The molecule has 0 aliphatic rings. The van der Waals surface area contributed by atoms with E-state index in [1.54, 1.807) is 6.20 Å². The molecule has 0 atom stereocenters. The number of amides is 1. The summed E-state index contributed by atoms with van der Waals surface area (Å²) in [6.45, 7) is 2.75. The summed E-state index contributed by atoms with van der Waals surface area (Å²) in [4.78, 5) is 16.4. The predicted octanol–water partition coefficient (Wildman–Crippen LogP) is 3.08. The Balaban J connectivity index is 1.55. The molecule has 8 heteroatoms. The lowest BCUT2D eigenvalue weighted by Gasteiger charge is -2.07. The van der Waals surface area contributed by atoms with Gasteiger partial charge in [0.1, 0.15) is 5.01 Å². The number of imidazole rings is 1. The molecule has 24 heavy (non-hydrogen) atoms. The first-order chi connectivity index (χ1) is 11.7. The van der Waals surface area contributed by atoms with E-state index in [1.807, 2.05) is 35.9 Å². The average Bonchev–Trinajstić information content (AvgIpc) is 3.23. The minimum atomic E-state index is -0.104. The van der Waals surface area contributed by atoms with Crippen molar-refractivity contribution in [2.45, 2.75) is 25.0 Å². The molecule has 0 saturated carbocycles. The van der Waals surface area contributed by atoms with Gasteiger partial charge in [-0.15, -0.1) is 10.2 Å². The van der Waals surface area contributed by atoms with Crippen LogP contribution in [0.3, 0.4) is 0 Å². The van der Waals surface area contributed by atoms with E-state index in [4.69, 9.17) is 0 Å². The molecule has 0 saturated heterocycles. The number of aryl methyl sites for hydroxylation is 1. The molecule has 2 heterocycles. The van der Waals surface area contributed by atoms with Crippen LogP contribution >= 0.6 is 23.1 Å². The highest BCUT2D eigenvalue weighted by molar-refractivity contribution is 7.99. The molecule has 6 nitrogen and oxygen atoms in total. The van der Waals surface area contributed by atoms with Gasteiger partial charge in [-0.3, -0.25) is 10.1 Å². The van der Waals surface area contributed by atoms with Gasteiger partial charge in [0.2, 0.25) is 11.0 Å². The monoisotopic (exact) mass is 359 g/mol. The van der Waals surface area contributed by atoms with Crippen molar-refractivity contribution < 1.29 is 4.79 Å².